The van der Waals surface area contributed by atoms with Crippen LogP contribution in [0.1, 0.15) is 4.88 Å². The van der Waals surface area contributed by atoms with Crippen LogP contribution in [-0.2, 0) is 6.54 Å². The van der Waals surface area contributed by atoms with Gasteiger partial charge in [-0.15, -0.1) is 0 Å². The Kier molecular flexibility index (Phi) is 3.30. The van der Waals surface area contributed by atoms with E-state index in [4.69, 9.17) is 0 Å². The van der Waals surface area contributed by atoms with Gasteiger partial charge < -0.3 is 5.32 Å². The van der Waals surface area contributed by atoms with Crippen molar-refractivity contribution in [3.8, 4) is 0 Å². The van der Waals surface area contributed by atoms with Crippen molar-refractivity contribution >= 4 is 32.8 Å². The van der Waals surface area contributed by atoms with Gasteiger partial charge in [-0.3, -0.25) is 15.1 Å². The summed E-state index contributed by atoms with van der Waals surface area (Å²) in [5.41, 5.74) is 0.978. The molecular formula is C14H11N3O2S. The summed E-state index contributed by atoms with van der Waals surface area (Å²) in [6.07, 6.45) is 3.57. The Bertz CT molecular complexity index is 764. The van der Waals surface area contributed by atoms with Crippen molar-refractivity contribution in [2.45, 2.75) is 6.54 Å². The lowest BCUT2D eigenvalue weighted by atomic mass is 10.1. The Morgan fingerprint density at radius 2 is 2.15 bits per heavy atom. The number of thiophene rings is 1. The lowest BCUT2D eigenvalue weighted by molar-refractivity contribution is -0.380. The minimum absolute atomic E-state index is 0.168. The van der Waals surface area contributed by atoms with Crippen LogP contribution in [-0.4, -0.2) is 9.91 Å². The molecular weight excluding hydrogens is 274 g/mol. The van der Waals surface area contributed by atoms with Gasteiger partial charge in [-0.25, -0.2) is 0 Å². The van der Waals surface area contributed by atoms with Gasteiger partial charge in [0.25, 0.3) is 0 Å². The average Bonchev–Trinajstić information content (AvgIpc) is 2.94. The third-order valence-corrected chi connectivity index (χ3v) is 4.00. The van der Waals surface area contributed by atoms with Gasteiger partial charge in [0, 0.05) is 41.0 Å². The number of aromatic nitrogens is 1. The number of pyridine rings is 1. The maximum Gasteiger partial charge on any atom is 0.324 e. The Morgan fingerprint density at radius 1 is 1.25 bits per heavy atom. The number of benzene rings is 1. The van der Waals surface area contributed by atoms with Gasteiger partial charge in [0.2, 0.25) is 0 Å². The van der Waals surface area contributed by atoms with E-state index in [1.54, 1.807) is 12.3 Å². The molecule has 0 aliphatic rings. The predicted octanol–water partition coefficient (Wildman–Crippen LogP) is 3.82. The maximum atomic E-state index is 10.7. The van der Waals surface area contributed by atoms with Gasteiger partial charge >= 0.3 is 5.00 Å². The van der Waals surface area contributed by atoms with Gasteiger partial charge in [0.15, 0.2) is 0 Å². The number of anilines is 1. The van der Waals surface area contributed by atoms with Crippen LogP contribution in [0.4, 0.5) is 10.7 Å². The minimum Gasteiger partial charge on any atom is -0.380 e. The highest BCUT2D eigenvalue weighted by atomic mass is 32.1. The molecule has 3 rings (SSSR count). The van der Waals surface area contributed by atoms with Crippen molar-refractivity contribution in [1.82, 2.24) is 4.98 Å². The van der Waals surface area contributed by atoms with E-state index in [-0.39, 0.29) is 9.92 Å². The third kappa shape index (κ3) is 2.46. The van der Waals surface area contributed by atoms with Crippen LogP contribution in [0, 0.1) is 10.1 Å². The fourth-order valence-electron chi connectivity index (χ4n) is 2.01. The predicted molar refractivity (Wildman–Crippen MR) is 80.0 cm³/mol. The summed E-state index contributed by atoms with van der Waals surface area (Å²) in [4.78, 5) is 15.3. The molecule has 0 saturated carbocycles. The zero-order valence-corrected chi connectivity index (χ0v) is 11.3. The number of hydrogen-bond acceptors (Lipinski definition) is 5. The summed E-state index contributed by atoms with van der Waals surface area (Å²) in [6.45, 7) is 0.562. The second-order valence-corrected chi connectivity index (χ2v) is 5.40. The highest BCUT2D eigenvalue weighted by molar-refractivity contribution is 7.15. The number of fused-ring (bicyclic) bond motifs is 1. The molecule has 0 fully saturated rings. The van der Waals surface area contributed by atoms with E-state index in [1.165, 1.54) is 17.4 Å². The molecule has 3 aromatic rings. The van der Waals surface area contributed by atoms with E-state index in [0.717, 1.165) is 21.3 Å². The fraction of sp³-hybridized carbons (Fsp3) is 0.0714. The molecule has 2 aromatic heterocycles. The van der Waals surface area contributed by atoms with Crippen LogP contribution < -0.4 is 5.32 Å². The van der Waals surface area contributed by atoms with Gasteiger partial charge in [-0.2, -0.15) is 0 Å². The first-order valence-electron chi connectivity index (χ1n) is 6.04. The molecule has 1 N–H and O–H groups in total. The first-order chi connectivity index (χ1) is 9.74. The summed E-state index contributed by atoms with van der Waals surface area (Å²) >= 11 is 1.19. The van der Waals surface area contributed by atoms with Crippen LogP contribution in [0.2, 0.25) is 0 Å². The second-order valence-electron chi connectivity index (χ2n) is 4.25. The van der Waals surface area contributed by atoms with E-state index < -0.39 is 0 Å². The van der Waals surface area contributed by atoms with Crippen LogP contribution in [0.25, 0.3) is 10.8 Å². The Balaban J connectivity index is 1.81. The summed E-state index contributed by atoms with van der Waals surface area (Å²) in [6, 6.07) is 11.2. The highest BCUT2D eigenvalue weighted by Crippen LogP contribution is 2.26. The lowest BCUT2D eigenvalue weighted by Gasteiger charge is -2.08. The Labute approximate surface area is 119 Å². The number of nitrogens with zero attached hydrogens (tertiary/aromatic N) is 2. The maximum absolute atomic E-state index is 10.7. The molecule has 0 radical (unpaired) electrons. The molecule has 100 valence electrons. The number of nitro groups is 1. The average molecular weight is 285 g/mol. The van der Waals surface area contributed by atoms with Gasteiger partial charge in [0.1, 0.15) is 0 Å². The van der Waals surface area contributed by atoms with Crippen molar-refractivity contribution < 1.29 is 4.92 Å². The van der Waals surface area contributed by atoms with Crippen LogP contribution >= 0.6 is 11.3 Å². The van der Waals surface area contributed by atoms with Crippen molar-refractivity contribution in [3.05, 3.63) is 63.8 Å². The quantitative estimate of drug-likeness (QED) is 0.584. The summed E-state index contributed by atoms with van der Waals surface area (Å²) in [7, 11) is 0. The molecule has 0 aliphatic heterocycles. The smallest absolute Gasteiger partial charge is 0.324 e. The molecule has 6 heteroatoms. The largest absolute Gasteiger partial charge is 0.380 e. The Hall–Kier alpha value is -2.47. The number of nitrogens with one attached hydrogen (secondary N) is 1. The second kappa shape index (κ2) is 5.26. The topological polar surface area (TPSA) is 68.1 Å². The van der Waals surface area contributed by atoms with Crippen molar-refractivity contribution in [2.75, 3.05) is 5.32 Å². The fourth-order valence-corrected chi connectivity index (χ4v) is 2.77. The standard InChI is InChI=1S/C14H11N3O2S/c18-17(19)14-5-4-11(20-14)8-16-13-3-1-2-10-6-7-15-9-12(10)13/h1-7,9,16H,8H2. The van der Waals surface area contributed by atoms with Crippen LogP contribution in [0.5, 0.6) is 0 Å². The molecule has 0 atom stereocenters. The molecule has 2 heterocycles. The molecule has 5 nitrogen and oxygen atoms in total. The van der Waals surface area contributed by atoms with Crippen molar-refractivity contribution in [3.63, 3.8) is 0 Å². The molecule has 0 aliphatic carbocycles. The van der Waals surface area contributed by atoms with E-state index in [0.29, 0.717) is 6.54 Å². The summed E-state index contributed by atoms with van der Waals surface area (Å²) in [5, 5.41) is 16.3. The first-order valence-corrected chi connectivity index (χ1v) is 6.85. The van der Waals surface area contributed by atoms with Crippen LogP contribution in [0.3, 0.4) is 0 Å². The Morgan fingerprint density at radius 3 is 2.95 bits per heavy atom. The molecule has 0 spiro atoms. The zero-order chi connectivity index (χ0) is 13.9. The van der Waals surface area contributed by atoms with E-state index >= 15 is 0 Å². The van der Waals surface area contributed by atoms with E-state index in [2.05, 4.69) is 10.3 Å². The van der Waals surface area contributed by atoms with Gasteiger partial charge in [-0.1, -0.05) is 23.5 Å². The third-order valence-electron chi connectivity index (χ3n) is 2.96. The molecule has 1 aromatic carbocycles. The molecule has 0 amide bonds. The number of hydrogen-bond donors (Lipinski definition) is 1. The van der Waals surface area contributed by atoms with Gasteiger partial charge in [-0.05, 0) is 23.6 Å². The van der Waals surface area contributed by atoms with Crippen molar-refractivity contribution in [1.29, 1.82) is 0 Å². The summed E-state index contributed by atoms with van der Waals surface area (Å²) < 4.78 is 0. The van der Waals surface area contributed by atoms with E-state index in [1.807, 2.05) is 30.5 Å². The van der Waals surface area contributed by atoms with Gasteiger partial charge in [0.05, 0.1) is 4.92 Å². The minimum atomic E-state index is -0.365. The normalized spacial score (nSPS) is 10.6. The molecule has 0 bridgehead atoms. The van der Waals surface area contributed by atoms with Crippen molar-refractivity contribution in [2.24, 2.45) is 0 Å². The monoisotopic (exact) mass is 285 g/mol. The SMILES string of the molecule is O=[N+]([O-])c1ccc(CNc2cccc3ccncc23)s1. The van der Waals surface area contributed by atoms with E-state index in [9.17, 15) is 10.1 Å². The number of rotatable bonds is 4. The molecule has 0 unspecified atom stereocenters. The zero-order valence-electron chi connectivity index (χ0n) is 10.4. The highest BCUT2D eigenvalue weighted by Gasteiger charge is 2.09. The first kappa shape index (κ1) is 12.6. The molecule has 20 heavy (non-hydrogen) atoms. The van der Waals surface area contributed by atoms with Crippen LogP contribution in [0.15, 0.2) is 48.8 Å². The summed E-state index contributed by atoms with van der Waals surface area (Å²) in [5.74, 6) is 0. The lowest BCUT2D eigenvalue weighted by Crippen LogP contribution is -1.98. The molecule has 0 saturated heterocycles.